The largest absolute Gasteiger partial charge is 0.312 e. The normalized spacial score (nSPS) is 18.0. The second-order valence-corrected chi connectivity index (χ2v) is 5.85. The molecule has 1 aliphatic rings. The maximum atomic E-state index is 12.7. The lowest BCUT2D eigenvalue weighted by molar-refractivity contribution is -0.120. The van der Waals surface area contributed by atoms with Gasteiger partial charge in [-0.05, 0) is 19.1 Å². The van der Waals surface area contributed by atoms with Gasteiger partial charge >= 0.3 is 0 Å². The zero-order valence-corrected chi connectivity index (χ0v) is 13.1. The van der Waals surface area contributed by atoms with E-state index in [1.165, 1.54) is 11.3 Å². The van der Waals surface area contributed by atoms with Crippen LogP contribution in [0.15, 0.2) is 36.5 Å². The number of H-pyrrole nitrogens is 1. The number of hydrogen-bond acceptors (Lipinski definition) is 3. The molecule has 0 aliphatic carbocycles. The Hall–Kier alpha value is -2.14. The molecule has 1 aromatic heterocycles. The average Bonchev–Trinajstić information content (AvgIpc) is 2.98. The van der Waals surface area contributed by atoms with E-state index in [4.69, 9.17) is 0 Å². The Kier molecular flexibility index (Phi) is 4.24. The van der Waals surface area contributed by atoms with E-state index >= 15 is 0 Å². The number of hydrogen-bond donors (Lipinski definition) is 1. The lowest BCUT2D eigenvalue weighted by Gasteiger charge is -2.32. The van der Waals surface area contributed by atoms with Crippen molar-refractivity contribution in [3.05, 3.63) is 47.8 Å². The fourth-order valence-corrected chi connectivity index (χ4v) is 3.17. The van der Waals surface area contributed by atoms with E-state index < -0.39 is 0 Å². The molecular weight excluding hydrogens is 276 g/mol. The summed E-state index contributed by atoms with van der Waals surface area (Å²) in [7, 11) is 0. The first-order chi connectivity index (χ1) is 10.7. The van der Waals surface area contributed by atoms with Crippen LogP contribution in [0.3, 0.4) is 0 Å². The van der Waals surface area contributed by atoms with Crippen LogP contribution in [0.5, 0.6) is 0 Å². The van der Waals surface area contributed by atoms with E-state index in [0.29, 0.717) is 19.0 Å². The third-order valence-corrected chi connectivity index (χ3v) is 4.21. The standard InChI is InChI=1S/C17H22N4O/c1-3-21(15-7-5-4-6-8-15)16(22)12-20-10-13(2)17-14(11-20)9-18-19-17/h4-9,13H,3,10-12H2,1-2H3,(H,18,19)/t13-/m0/s1. The number of aromatic nitrogens is 2. The van der Waals surface area contributed by atoms with Gasteiger partial charge in [-0.3, -0.25) is 14.8 Å². The molecule has 1 amide bonds. The van der Waals surface area contributed by atoms with Crippen LogP contribution in [-0.4, -0.2) is 40.6 Å². The monoisotopic (exact) mass is 298 g/mol. The summed E-state index contributed by atoms with van der Waals surface area (Å²) < 4.78 is 0. The van der Waals surface area contributed by atoms with Gasteiger partial charge < -0.3 is 4.90 Å². The van der Waals surface area contributed by atoms with Crippen molar-refractivity contribution in [1.29, 1.82) is 0 Å². The number of nitrogens with zero attached hydrogens (tertiary/aromatic N) is 3. The maximum absolute atomic E-state index is 12.7. The molecule has 0 bridgehead atoms. The van der Waals surface area contributed by atoms with Crippen LogP contribution >= 0.6 is 0 Å². The highest BCUT2D eigenvalue weighted by molar-refractivity contribution is 5.94. The van der Waals surface area contributed by atoms with E-state index in [1.54, 1.807) is 0 Å². The first-order valence-electron chi connectivity index (χ1n) is 7.79. The summed E-state index contributed by atoms with van der Waals surface area (Å²) in [5.74, 6) is 0.527. The van der Waals surface area contributed by atoms with Crippen molar-refractivity contribution in [2.75, 3.05) is 24.5 Å². The SMILES string of the molecule is CCN(C(=O)CN1Cc2cn[nH]c2[C@@H](C)C1)c1ccccc1. The Morgan fingerprint density at radius 3 is 2.91 bits per heavy atom. The van der Waals surface area contributed by atoms with Crippen molar-refractivity contribution in [1.82, 2.24) is 15.1 Å². The number of benzene rings is 1. The molecular formula is C17H22N4O. The summed E-state index contributed by atoms with van der Waals surface area (Å²) in [4.78, 5) is 16.7. The van der Waals surface area contributed by atoms with Gasteiger partial charge in [0, 0.05) is 42.5 Å². The lowest BCUT2D eigenvalue weighted by atomic mass is 9.98. The Morgan fingerprint density at radius 1 is 1.41 bits per heavy atom. The molecule has 1 aromatic carbocycles. The molecule has 22 heavy (non-hydrogen) atoms. The minimum absolute atomic E-state index is 0.146. The summed E-state index contributed by atoms with van der Waals surface area (Å²) >= 11 is 0. The lowest BCUT2D eigenvalue weighted by Crippen LogP contribution is -2.43. The quantitative estimate of drug-likeness (QED) is 0.943. The minimum Gasteiger partial charge on any atom is -0.312 e. The number of amides is 1. The van der Waals surface area contributed by atoms with Gasteiger partial charge in [0.25, 0.3) is 0 Å². The summed E-state index contributed by atoms with van der Waals surface area (Å²) in [6.45, 7) is 6.97. The minimum atomic E-state index is 0.146. The highest BCUT2D eigenvalue weighted by Crippen LogP contribution is 2.25. The van der Waals surface area contributed by atoms with Gasteiger partial charge in [-0.2, -0.15) is 5.10 Å². The molecule has 1 N–H and O–H groups in total. The van der Waals surface area contributed by atoms with Crippen LogP contribution in [0.25, 0.3) is 0 Å². The topological polar surface area (TPSA) is 52.2 Å². The van der Waals surface area contributed by atoms with E-state index in [-0.39, 0.29) is 5.91 Å². The third kappa shape index (κ3) is 2.90. The fraction of sp³-hybridized carbons (Fsp3) is 0.412. The molecule has 116 valence electrons. The summed E-state index contributed by atoms with van der Waals surface area (Å²) in [6, 6.07) is 9.86. The van der Waals surface area contributed by atoms with Crippen molar-refractivity contribution in [2.45, 2.75) is 26.3 Å². The molecule has 0 unspecified atom stereocenters. The van der Waals surface area contributed by atoms with Crippen molar-refractivity contribution < 1.29 is 4.79 Å². The van der Waals surface area contributed by atoms with E-state index in [2.05, 4.69) is 22.0 Å². The number of carbonyl (C=O) groups is 1. The van der Waals surface area contributed by atoms with Crippen molar-refractivity contribution >= 4 is 11.6 Å². The van der Waals surface area contributed by atoms with Crippen LogP contribution in [0.4, 0.5) is 5.69 Å². The van der Waals surface area contributed by atoms with Gasteiger partial charge in [0.15, 0.2) is 0 Å². The average molecular weight is 298 g/mol. The van der Waals surface area contributed by atoms with Gasteiger partial charge in [0.05, 0.1) is 12.7 Å². The van der Waals surface area contributed by atoms with Crippen LogP contribution < -0.4 is 4.90 Å². The maximum Gasteiger partial charge on any atom is 0.241 e. The van der Waals surface area contributed by atoms with Crippen molar-refractivity contribution in [3.63, 3.8) is 0 Å². The Bertz CT molecular complexity index is 637. The third-order valence-electron chi connectivity index (χ3n) is 4.21. The van der Waals surface area contributed by atoms with E-state index in [1.807, 2.05) is 48.4 Å². The van der Waals surface area contributed by atoms with Crippen LogP contribution in [0.2, 0.25) is 0 Å². The van der Waals surface area contributed by atoms with Gasteiger partial charge in [-0.25, -0.2) is 0 Å². The number of anilines is 1. The van der Waals surface area contributed by atoms with Gasteiger partial charge in [-0.15, -0.1) is 0 Å². The molecule has 2 heterocycles. The molecule has 3 rings (SSSR count). The first kappa shape index (κ1) is 14.8. The zero-order chi connectivity index (χ0) is 15.5. The highest BCUT2D eigenvalue weighted by Gasteiger charge is 2.26. The number of carbonyl (C=O) groups excluding carboxylic acids is 1. The van der Waals surface area contributed by atoms with Crippen molar-refractivity contribution in [2.24, 2.45) is 0 Å². The van der Waals surface area contributed by atoms with E-state index in [0.717, 1.165) is 18.8 Å². The molecule has 0 radical (unpaired) electrons. The number of fused-ring (bicyclic) bond motifs is 1. The predicted molar refractivity (Wildman–Crippen MR) is 86.7 cm³/mol. The molecule has 0 spiro atoms. The Labute approximate surface area is 130 Å². The van der Waals surface area contributed by atoms with Gasteiger partial charge in [0.2, 0.25) is 5.91 Å². The Morgan fingerprint density at radius 2 is 2.18 bits per heavy atom. The second-order valence-electron chi connectivity index (χ2n) is 5.85. The van der Waals surface area contributed by atoms with Crippen LogP contribution in [-0.2, 0) is 11.3 Å². The number of likely N-dealkylation sites (N-methyl/N-ethyl adjacent to an activating group) is 1. The first-order valence-corrected chi connectivity index (χ1v) is 7.79. The van der Waals surface area contributed by atoms with Gasteiger partial charge in [0.1, 0.15) is 0 Å². The van der Waals surface area contributed by atoms with Crippen LogP contribution in [0.1, 0.15) is 31.0 Å². The van der Waals surface area contributed by atoms with Crippen LogP contribution in [0, 0.1) is 0 Å². The summed E-state index contributed by atoms with van der Waals surface area (Å²) in [6.07, 6.45) is 1.87. The molecule has 0 fully saturated rings. The molecule has 1 atom stereocenters. The number of nitrogens with one attached hydrogen (secondary N) is 1. The summed E-state index contributed by atoms with van der Waals surface area (Å²) in [5.41, 5.74) is 3.37. The second kappa shape index (κ2) is 6.32. The zero-order valence-electron chi connectivity index (χ0n) is 13.1. The van der Waals surface area contributed by atoms with E-state index in [9.17, 15) is 4.79 Å². The molecule has 2 aromatic rings. The smallest absolute Gasteiger partial charge is 0.241 e. The highest BCUT2D eigenvalue weighted by atomic mass is 16.2. The number of para-hydroxylation sites is 1. The summed E-state index contributed by atoms with van der Waals surface area (Å²) in [5, 5.41) is 7.19. The fourth-order valence-electron chi connectivity index (χ4n) is 3.17. The molecule has 0 saturated carbocycles. The molecule has 5 heteroatoms. The van der Waals surface area contributed by atoms with Crippen molar-refractivity contribution in [3.8, 4) is 0 Å². The Balaban J connectivity index is 1.69. The van der Waals surface area contributed by atoms with Gasteiger partial charge in [-0.1, -0.05) is 25.1 Å². The molecule has 1 aliphatic heterocycles. The predicted octanol–water partition coefficient (Wildman–Crippen LogP) is 2.38. The molecule has 5 nitrogen and oxygen atoms in total. The number of rotatable bonds is 4. The number of aromatic amines is 1. The molecule has 0 saturated heterocycles.